The third-order valence-corrected chi connectivity index (χ3v) is 4.01. The fourth-order valence-electron chi connectivity index (χ4n) is 2.06. The molecule has 0 spiro atoms. The van der Waals surface area contributed by atoms with Crippen LogP contribution in [-0.4, -0.2) is 19.3 Å². The summed E-state index contributed by atoms with van der Waals surface area (Å²) >= 11 is 1.67. The molecule has 0 radical (unpaired) electrons. The standard InChI is InChI=1S/C14H14FNOS/c15-11-3-1-10(2-4-11)14-7-13(9-18-14)16-12-5-6-17-8-12/h1-4,7,9,12,16H,5-6,8H2. The molecule has 94 valence electrons. The SMILES string of the molecule is Fc1ccc(-c2cc(NC3CCOC3)cs2)cc1. The molecule has 1 unspecified atom stereocenters. The Morgan fingerprint density at radius 3 is 2.83 bits per heavy atom. The zero-order valence-electron chi connectivity index (χ0n) is 9.86. The molecule has 2 nitrogen and oxygen atoms in total. The van der Waals surface area contributed by atoms with Crippen LogP contribution in [-0.2, 0) is 4.74 Å². The van der Waals surface area contributed by atoms with E-state index in [9.17, 15) is 4.39 Å². The quantitative estimate of drug-likeness (QED) is 0.910. The van der Waals surface area contributed by atoms with Crippen LogP contribution in [0.4, 0.5) is 10.1 Å². The van der Waals surface area contributed by atoms with Crippen LogP contribution in [0.3, 0.4) is 0 Å². The number of benzene rings is 1. The lowest BCUT2D eigenvalue weighted by molar-refractivity contribution is 0.195. The van der Waals surface area contributed by atoms with Crippen molar-refractivity contribution in [2.75, 3.05) is 18.5 Å². The number of ether oxygens (including phenoxy) is 1. The number of halogens is 1. The molecule has 4 heteroatoms. The normalized spacial score (nSPS) is 19.1. The van der Waals surface area contributed by atoms with Crippen molar-refractivity contribution in [1.82, 2.24) is 0 Å². The van der Waals surface area contributed by atoms with Gasteiger partial charge in [-0.25, -0.2) is 4.39 Å². The lowest BCUT2D eigenvalue weighted by Gasteiger charge is -2.09. The van der Waals surface area contributed by atoms with Gasteiger partial charge in [-0.15, -0.1) is 11.3 Å². The van der Waals surface area contributed by atoms with Gasteiger partial charge < -0.3 is 10.1 Å². The molecule has 0 saturated carbocycles. The average Bonchev–Trinajstić information content (AvgIpc) is 3.02. The molecule has 0 aliphatic carbocycles. The molecule has 2 heterocycles. The molecule has 0 bridgehead atoms. The molecule has 1 fully saturated rings. The van der Waals surface area contributed by atoms with E-state index in [0.29, 0.717) is 6.04 Å². The summed E-state index contributed by atoms with van der Waals surface area (Å²) in [5.74, 6) is -0.197. The second kappa shape index (κ2) is 5.08. The van der Waals surface area contributed by atoms with Crippen molar-refractivity contribution in [3.05, 3.63) is 41.5 Å². The summed E-state index contributed by atoms with van der Waals surface area (Å²) in [5.41, 5.74) is 2.17. The largest absolute Gasteiger partial charge is 0.379 e. The van der Waals surface area contributed by atoms with Gasteiger partial charge in [0.15, 0.2) is 0 Å². The highest BCUT2D eigenvalue weighted by Gasteiger charge is 2.15. The van der Waals surface area contributed by atoms with Crippen LogP contribution >= 0.6 is 11.3 Å². The topological polar surface area (TPSA) is 21.3 Å². The predicted octanol–water partition coefficient (Wildman–Crippen LogP) is 3.76. The second-order valence-electron chi connectivity index (χ2n) is 4.41. The number of thiophene rings is 1. The molecule has 1 N–H and O–H groups in total. The summed E-state index contributed by atoms with van der Waals surface area (Å²) in [6.07, 6.45) is 1.06. The predicted molar refractivity (Wildman–Crippen MR) is 72.6 cm³/mol. The summed E-state index contributed by atoms with van der Waals surface area (Å²) in [6.45, 7) is 1.62. The van der Waals surface area contributed by atoms with Gasteiger partial charge in [0.05, 0.1) is 12.6 Å². The molecule has 1 aromatic heterocycles. The van der Waals surface area contributed by atoms with Crippen molar-refractivity contribution in [1.29, 1.82) is 0 Å². The summed E-state index contributed by atoms with van der Waals surface area (Å²) in [5, 5.41) is 5.55. The van der Waals surface area contributed by atoms with Gasteiger partial charge in [0, 0.05) is 22.6 Å². The molecule has 3 rings (SSSR count). The summed E-state index contributed by atoms with van der Waals surface area (Å²) in [6, 6.07) is 9.13. The Kier molecular flexibility index (Phi) is 3.30. The first-order chi connectivity index (χ1) is 8.81. The highest BCUT2D eigenvalue weighted by Crippen LogP contribution is 2.30. The van der Waals surface area contributed by atoms with Crippen LogP contribution in [0, 0.1) is 5.82 Å². The lowest BCUT2D eigenvalue weighted by Crippen LogP contribution is -2.18. The summed E-state index contributed by atoms with van der Waals surface area (Å²) in [4.78, 5) is 1.15. The first kappa shape index (κ1) is 11.7. The molecule has 18 heavy (non-hydrogen) atoms. The van der Waals surface area contributed by atoms with Crippen molar-refractivity contribution in [3.63, 3.8) is 0 Å². The third-order valence-electron chi connectivity index (χ3n) is 3.03. The molecule has 1 aliphatic rings. The van der Waals surface area contributed by atoms with Gasteiger partial charge in [0.2, 0.25) is 0 Å². The van der Waals surface area contributed by atoms with Gasteiger partial charge >= 0.3 is 0 Å². The molecule has 1 aliphatic heterocycles. The second-order valence-corrected chi connectivity index (χ2v) is 5.32. The van der Waals surface area contributed by atoms with Crippen molar-refractivity contribution < 1.29 is 9.13 Å². The van der Waals surface area contributed by atoms with Crippen LogP contribution in [0.5, 0.6) is 0 Å². The van der Waals surface area contributed by atoms with Crippen LogP contribution < -0.4 is 5.32 Å². The van der Waals surface area contributed by atoms with Gasteiger partial charge in [0.1, 0.15) is 5.82 Å². The van der Waals surface area contributed by atoms with E-state index < -0.39 is 0 Å². The summed E-state index contributed by atoms with van der Waals surface area (Å²) < 4.78 is 18.2. The van der Waals surface area contributed by atoms with Crippen LogP contribution in [0.1, 0.15) is 6.42 Å². The van der Waals surface area contributed by atoms with Crippen molar-refractivity contribution in [3.8, 4) is 10.4 Å². The number of nitrogens with one attached hydrogen (secondary N) is 1. The minimum Gasteiger partial charge on any atom is -0.379 e. The zero-order valence-corrected chi connectivity index (χ0v) is 10.7. The molecule has 1 saturated heterocycles. The Balaban J connectivity index is 1.74. The average molecular weight is 263 g/mol. The number of rotatable bonds is 3. The lowest BCUT2D eigenvalue weighted by atomic mass is 10.2. The minimum atomic E-state index is -0.197. The van der Waals surface area contributed by atoms with Crippen molar-refractivity contribution in [2.24, 2.45) is 0 Å². The maximum Gasteiger partial charge on any atom is 0.123 e. The Hall–Kier alpha value is -1.39. The van der Waals surface area contributed by atoms with Gasteiger partial charge in [-0.2, -0.15) is 0 Å². The van der Waals surface area contributed by atoms with Crippen LogP contribution in [0.15, 0.2) is 35.7 Å². The monoisotopic (exact) mass is 263 g/mol. The first-order valence-corrected chi connectivity index (χ1v) is 6.88. The van der Waals surface area contributed by atoms with E-state index in [2.05, 4.69) is 16.8 Å². The van der Waals surface area contributed by atoms with E-state index in [0.717, 1.165) is 35.8 Å². The van der Waals surface area contributed by atoms with Crippen LogP contribution in [0.25, 0.3) is 10.4 Å². The number of hydrogen-bond acceptors (Lipinski definition) is 3. The van der Waals surface area contributed by atoms with E-state index in [-0.39, 0.29) is 5.82 Å². The van der Waals surface area contributed by atoms with Gasteiger partial charge in [0.25, 0.3) is 0 Å². The highest BCUT2D eigenvalue weighted by molar-refractivity contribution is 7.14. The molecule has 2 aromatic rings. The third kappa shape index (κ3) is 2.54. The van der Waals surface area contributed by atoms with Gasteiger partial charge in [-0.1, -0.05) is 12.1 Å². The van der Waals surface area contributed by atoms with E-state index >= 15 is 0 Å². The maximum atomic E-state index is 12.9. The van der Waals surface area contributed by atoms with Crippen LogP contribution in [0.2, 0.25) is 0 Å². The van der Waals surface area contributed by atoms with E-state index in [1.165, 1.54) is 12.1 Å². The Morgan fingerprint density at radius 1 is 1.28 bits per heavy atom. The molecule has 1 aromatic carbocycles. The van der Waals surface area contributed by atoms with Crippen molar-refractivity contribution >= 4 is 17.0 Å². The zero-order chi connectivity index (χ0) is 12.4. The molecular weight excluding hydrogens is 249 g/mol. The van der Waals surface area contributed by atoms with Gasteiger partial charge in [-0.05, 0) is 30.2 Å². The number of anilines is 1. The molecule has 1 atom stereocenters. The smallest absolute Gasteiger partial charge is 0.123 e. The fourth-order valence-corrected chi connectivity index (χ4v) is 2.92. The Morgan fingerprint density at radius 2 is 2.11 bits per heavy atom. The fraction of sp³-hybridized carbons (Fsp3) is 0.286. The van der Waals surface area contributed by atoms with E-state index in [4.69, 9.17) is 4.74 Å². The maximum absolute atomic E-state index is 12.9. The van der Waals surface area contributed by atoms with E-state index in [1.54, 1.807) is 11.3 Å². The Labute approximate surface area is 109 Å². The van der Waals surface area contributed by atoms with Crippen molar-refractivity contribution in [2.45, 2.75) is 12.5 Å². The van der Waals surface area contributed by atoms with Gasteiger partial charge in [-0.3, -0.25) is 0 Å². The van der Waals surface area contributed by atoms with E-state index in [1.807, 2.05) is 12.1 Å². The Bertz CT molecular complexity index is 517. The summed E-state index contributed by atoms with van der Waals surface area (Å²) in [7, 11) is 0. The minimum absolute atomic E-state index is 0.197. The molecular formula is C14H14FNOS. The highest BCUT2D eigenvalue weighted by atomic mass is 32.1. The molecule has 0 amide bonds. The first-order valence-electron chi connectivity index (χ1n) is 6.00. The number of hydrogen-bond donors (Lipinski definition) is 1.